The second-order valence-corrected chi connectivity index (χ2v) is 9.28. The largest absolute Gasteiger partial charge is 0.478 e. The van der Waals surface area contributed by atoms with E-state index in [2.05, 4.69) is 10.3 Å². The van der Waals surface area contributed by atoms with Gasteiger partial charge in [-0.3, -0.25) is 14.6 Å². The normalized spacial score (nSPS) is 18.8. The Bertz CT molecular complexity index is 955. The van der Waals surface area contributed by atoms with Crippen LogP contribution in [0.4, 0.5) is 4.39 Å². The summed E-state index contributed by atoms with van der Waals surface area (Å²) in [6, 6.07) is 9.38. The molecule has 2 aliphatic rings. The van der Waals surface area contributed by atoms with Gasteiger partial charge < -0.3 is 15.0 Å². The first-order valence-corrected chi connectivity index (χ1v) is 11.3. The number of piperidine rings is 1. The SMILES string of the molecule is CC(C)(Oc1ccc(F)cc1)C(=O)N1CCC[C@H](c2ccc(C(=O)NCC3CC3)cn2)C1. The molecule has 1 atom stereocenters. The summed E-state index contributed by atoms with van der Waals surface area (Å²) in [5.41, 5.74) is 0.377. The van der Waals surface area contributed by atoms with Crippen molar-refractivity contribution in [2.75, 3.05) is 19.6 Å². The van der Waals surface area contributed by atoms with Gasteiger partial charge in [0.1, 0.15) is 11.6 Å². The zero-order valence-electron chi connectivity index (χ0n) is 18.6. The number of amides is 2. The van der Waals surface area contributed by atoms with Crippen LogP contribution in [-0.4, -0.2) is 46.9 Å². The van der Waals surface area contributed by atoms with Crippen LogP contribution < -0.4 is 10.1 Å². The number of carbonyl (C=O) groups is 2. The van der Waals surface area contributed by atoms with Crippen molar-refractivity contribution < 1.29 is 18.7 Å². The van der Waals surface area contributed by atoms with Gasteiger partial charge in [-0.25, -0.2) is 4.39 Å². The molecule has 2 heterocycles. The van der Waals surface area contributed by atoms with E-state index in [0.29, 0.717) is 30.3 Å². The van der Waals surface area contributed by atoms with E-state index >= 15 is 0 Å². The Hall–Kier alpha value is -2.96. The van der Waals surface area contributed by atoms with Crippen LogP contribution in [0.5, 0.6) is 5.75 Å². The number of pyridine rings is 1. The summed E-state index contributed by atoms with van der Waals surface area (Å²) < 4.78 is 19.0. The van der Waals surface area contributed by atoms with Crippen molar-refractivity contribution in [2.24, 2.45) is 5.92 Å². The van der Waals surface area contributed by atoms with E-state index in [-0.39, 0.29) is 23.5 Å². The van der Waals surface area contributed by atoms with E-state index in [9.17, 15) is 14.0 Å². The van der Waals surface area contributed by atoms with E-state index in [4.69, 9.17) is 4.74 Å². The van der Waals surface area contributed by atoms with Gasteiger partial charge in [-0.15, -0.1) is 0 Å². The van der Waals surface area contributed by atoms with Crippen LogP contribution in [0.15, 0.2) is 42.6 Å². The van der Waals surface area contributed by atoms with Crippen LogP contribution in [0.25, 0.3) is 0 Å². The van der Waals surface area contributed by atoms with Gasteiger partial charge in [0.25, 0.3) is 11.8 Å². The molecule has 0 radical (unpaired) electrons. The summed E-state index contributed by atoms with van der Waals surface area (Å²) in [6.07, 6.45) is 5.82. The molecule has 6 nitrogen and oxygen atoms in total. The van der Waals surface area contributed by atoms with E-state index in [0.717, 1.165) is 25.1 Å². The lowest BCUT2D eigenvalue weighted by Crippen LogP contribution is -2.51. The fourth-order valence-corrected chi connectivity index (χ4v) is 4.07. The Kier molecular flexibility index (Phi) is 6.44. The van der Waals surface area contributed by atoms with Gasteiger partial charge in [-0.05, 0) is 81.8 Å². The molecule has 2 fully saturated rings. The van der Waals surface area contributed by atoms with Crippen molar-refractivity contribution in [3.63, 3.8) is 0 Å². The molecule has 32 heavy (non-hydrogen) atoms. The maximum atomic E-state index is 13.2. The number of halogens is 1. The number of hydrogen-bond acceptors (Lipinski definition) is 4. The molecule has 1 saturated heterocycles. The van der Waals surface area contributed by atoms with Crippen molar-refractivity contribution >= 4 is 11.8 Å². The molecule has 1 aliphatic heterocycles. The average Bonchev–Trinajstić information content (AvgIpc) is 3.63. The number of likely N-dealkylation sites (tertiary alicyclic amines) is 1. The van der Waals surface area contributed by atoms with Gasteiger partial charge in [0.2, 0.25) is 0 Å². The summed E-state index contributed by atoms with van der Waals surface area (Å²) in [5, 5.41) is 2.95. The molecule has 170 valence electrons. The minimum absolute atomic E-state index is 0.0870. The first-order valence-electron chi connectivity index (χ1n) is 11.3. The Morgan fingerprint density at radius 1 is 1.16 bits per heavy atom. The number of rotatable bonds is 7. The van der Waals surface area contributed by atoms with Crippen molar-refractivity contribution in [3.05, 3.63) is 59.7 Å². The lowest BCUT2D eigenvalue weighted by Gasteiger charge is -2.37. The molecule has 1 aromatic carbocycles. The second kappa shape index (κ2) is 9.27. The number of aromatic nitrogens is 1. The first-order chi connectivity index (χ1) is 15.3. The van der Waals surface area contributed by atoms with E-state index < -0.39 is 5.60 Å². The zero-order chi connectivity index (χ0) is 22.7. The van der Waals surface area contributed by atoms with Crippen LogP contribution in [-0.2, 0) is 4.79 Å². The highest BCUT2D eigenvalue weighted by atomic mass is 19.1. The van der Waals surface area contributed by atoms with E-state index in [1.54, 1.807) is 20.0 Å². The minimum atomic E-state index is -1.07. The molecule has 4 rings (SSSR count). The van der Waals surface area contributed by atoms with Crippen molar-refractivity contribution in [3.8, 4) is 5.75 Å². The topological polar surface area (TPSA) is 71.5 Å². The molecule has 2 aromatic rings. The highest BCUT2D eigenvalue weighted by molar-refractivity contribution is 5.93. The maximum absolute atomic E-state index is 13.2. The fraction of sp³-hybridized carbons (Fsp3) is 0.480. The Balaban J connectivity index is 1.37. The third kappa shape index (κ3) is 5.44. The van der Waals surface area contributed by atoms with Crippen LogP contribution >= 0.6 is 0 Å². The molecule has 0 unspecified atom stereocenters. The second-order valence-electron chi connectivity index (χ2n) is 9.28. The summed E-state index contributed by atoms with van der Waals surface area (Å²) in [7, 11) is 0. The third-order valence-electron chi connectivity index (χ3n) is 6.13. The number of benzene rings is 1. The lowest BCUT2D eigenvalue weighted by molar-refractivity contribution is -0.146. The van der Waals surface area contributed by atoms with Crippen molar-refractivity contribution in [2.45, 2.75) is 51.0 Å². The predicted molar refractivity (Wildman–Crippen MR) is 119 cm³/mol. The molecule has 1 aromatic heterocycles. The number of nitrogens with zero attached hydrogens (tertiary/aromatic N) is 2. The van der Waals surface area contributed by atoms with Crippen LogP contribution in [0.2, 0.25) is 0 Å². The Morgan fingerprint density at radius 3 is 2.56 bits per heavy atom. The molecular formula is C25H30FN3O3. The monoisotopic (exact) mass is 439 g/mol. The molecule has 0 spiro atoms. The van der Waals surface area contributed by atoms with Gasteiger partial charge in [0, 0.05) is 37.4 Å². The van der Waals surface area contributed by atoms with Crippen molar-refractivity contribution in [1.29, 1.82) is 0 Å². The lowest BCUT2D eigenvalue weighted by atomic mass is 9.92. The molecule has 7 heteroatoms. The fourth-order valence-electron chi connectivity index (χ4n) is 4.07. The molecule has 1 aliphatic carbocycles. The average molecular weight is 440 g/mol. The van der Waals surface area contributed by atoms with Gasteiger partial charge in [-0.1, -0.05) is 0 Å². The highest BCUT2D eigenvalue weighted by Crippen LogP contribution is 2.29. The van der Waals surface area contributed by atoms with E-state index in [1.807, 2.05) is 17.0 Å². The van der Waals surface area contributed by atoms with Crippen LogP contribution in [0.1, 0.15) is 61.5 Å². The summed E-state index contributed by atoms with van der Waals surface area (Å²) in [4.78, 5) is 31.8. The van der Waals surface area contributed by atoms with E-state index in [1.165, 1.54) is 37.1 Å². The molecular weight excluding hydrogens is 409 g/mol. The first kappa shape index (κ1) is 22.2. The van der Waals surface area contributed by atoms with Gasteiger partial charge in [0.05, 0.1) is 5.56 Å². The number of carbonyl (C=O) groups excluding carboxylic acids is 2. The standard InChI is InChI=1S/C25H30FN3O3/c1-25(2,32-21-10-8-20(26)9-11-21)24(31)29-13-3-4-19(16-29)22-12-7-18(15-27-22)23(30)28-14-17-5-6-17/h7-12,15,17,19H,3-6,13-14,16H2,1-2H3,(H,28,30)/t19-/m0/s1. The minimum Gasteiger partial charge on any atom is -0.478 e. The quantitative estimate of drug-likeness (QED) is 0.710. The third-order valence-corrected chi connectivity index (χ3v) is 6.13. The summed E-state index contributed by atoms with van der Waals surface area (Å²) in [5.74, 6) is 0.652. The smallest absolute Gasteiger partial charge is 0.266 e. The summed E-state index contributed by atoms with van der Waals surface area (Å²) in [6.45, 7) is 5.41. The number of ether oxygens (including phenoxy) is 1. The Labute approximate surface area is 188 Å². The van der Waals surface area contributed by atoms with Gasteiger partial charge >= 0.3 is 0 Å². The number of hydrogen-bond donors (Lipinski definition) is 1. The van der Waals surface area contributed by atoms with Gasteiger partial charge in [-0.2, -0.15) is 0 Å². The number of nitrogens with one attached hydrogen (secondary N) is 1. The Morgan fingerprint density at radius 2 is 1.91 bits per heavy atom. The highest BCUT2D eigenvalue weighted by Gasteiger charge is 2.37. The maximum Gasteiger partial charge on any atom is 0.266 e. The zero-order valence-corrected chi connectivity index (χ0v) is 18.6. The molecule has 1 saturated carbocycles. The predicted octanol–water partition coefficient (Wildman–Crippen LogP) is 3.92. The van der Waals surface area contributed by atoms with Gasteiger partial charge in [0.15, 0.2) is 5.60 Å². The van der Waals surface area contributed by atoms with Crippen LogP contribution in [0.3, 0.4) is 0 Å². The molecule has 1 N–H and O–H groups in total. The van der Waals surface area contributed by atoms with Crippen LogP contribution in [0, 0.1) is 11.7 Å². The van der Waals surface area contributed by atoms with Crippen molar-refractivity contribution in [1.82, 2.24) is 15.2 Å². The molecule has 0 bridgehead atoms. The summed E-state index contributed by atoms with van der Waals surface area (Å²) >= 11 is 0. The molecule has 2 amide bonds.